The number of anilines is 3. The Labute approximate surface area is 230 Å². The number of halogens is 2. The van der Waals surface area contributed by atoms with Gasteiger partial charge in [-0.2, -0.15) is 9.97 Å². The first-order valence-electron chi connectivity index (χ1n) is 12.9. The van der Waals surface area contributed by atoms with Crippen LogP contribution in [0.1, 0.15) is 69.9 Å². The minimum atomic E-state index is -0.220. The van der Waals surface area contributed by atoms with Gasteiger partial charge in [-0.1, -0.05) is 25.0 Å². The molecular formula is C26H37Cl2N7O2. The van der Waals surface area contributed by atoms with Crippen molar-refractivity contribution in [3.63, 3.8) is 0 Å². The van der Waals surface area contributed by atoms with Gasteiger partial charge in [0.1, 0.15) is 0 Å². The largest absolute Gasteiger partial charge is 0.466 e. The summed E-state index contributed by atoms with van der Waals surface area (Å²) in [6, 6.07) is 8.82. The standard InChI is InChI=1S/C26H35N7O2.2ClH/c1-2-35-22(34)15-17-7-11-19(12-8-17)29-24-23-25(33(16-28-23)21-5-3-4-6-21)32-26(31-24)30-20-13-9-18(27)10-14-20;;/h7-8,11-12,16,18,20-21H,2-6,9-10,13-15,27H2,1H3,(H2,29,30,31,32);2*1H. The minimum Gasteiger partial charge on any atom is -0.466 e. The molecule has 1 aromatic carbocycles. The molecule has 2 fully saturated rings. The molecule has 0 unspecified atom stereocenters. The number of fused-ring (bicyclic) bond motifs is 1. The second kappa shape index (κ2) is 13.3. The Bertz CT molecular complexity index is 1160. The number of nitrogens with zero attached hydrogens (tertiary/aromatic N) is 4. The van der Waals surface area contributed by atoms with Gasteiger partial charge in [-0.15, -0.1) is 24.8 Å². The molecule has 2 heterocycles. The van der Waals surface area contributed by atoms with E-state index in [0.717, 1.165) is 60.9 Å². The smallest absolute Gasteiger partial charge is 0.310 e. The lowest BCUT2D eigenvalue weighted by Crippen LogP contribution is -2.33. The molecule has 2 aromatic heterocycles. The first kappa shape index (κ1) is 28.9. The van der Waals surface area contributed by atoms with Gasteiger partial charge in [0.05, 0.1) is 19.4 Å². The van der Waals surface area contributed by atoms with E-state index in [1.165, 1.54) is 12.8 Å². The van der Waals surface area contributed by atoms with Crippen molar-refractivity contribution in [1.82, 2.24) is 19.5 Å². The number of benzene rings is 1. The summed E-state index contributed by atoms with van der Waals surface area (Å²) in [5, 5.41) is 7.00. The molecule has 0 spiro atoms. The van der Waals surface area contributed by atoms with Crippen molar-refractivity contribution in [2.24, 2.45) is 5.73 Å². The lowest BCUT2D eigenvalue weighted by Gasteiger charge is -2.27. The van der Waals surface area contributed by atoms with Crippen LogP contribution in [0.4, 0.5) is 17.5 Å². The molecular weight excluding hydrogens is 513 g/mol. The van der Waals surface area contributed by atoms with Crippen LogP contribution in [0.25, 0.3) is 11.2 Å². The van der Waals surface area contributed by atoms with Gasteiger partial charge >= 0.3 is 5.97 Å². The van der Waals surface area contributed by atoms with E-state index in [0.29, 0.717) is 36.5 Å². The number of nitrogens with two attached hydrogens (primary N) is 1. The normalized spacial score (nSPS) is 19.6. The van der Waals surface area contributed by atoms with E-state index in [1.807, 2.05) is 37.5 Å². The van der Waals surface area contributed by atoms with Gasteiger partial charge in [0.15, 0.2) is 17.0 Å². The molecule has 2 saturated carbocycles. The molecule has 2 aliphatic carbocycles. The fourth-order valence-electron chi connectivity index (χ4n) is 5.19. The summed E-state index contributed by atoms with van der Waals surface area (Å²) in [6.45, 7) is 2.20. The van der Waals surface area contributed by atoms with E-state index in [9.17, 15) is 4.79 Å². The first-order valence-corrected chi connectivity index (χ1v) is 12.9. The molecule has 11 heteroatoms. The molecule has 0 saturated heterocycles. The minimum absolute atomic E-state index is 0. The molecule has 0 radical (unpaired) electrons. The Morgan fingerprint density at radius 1 is 1.05 bits per heavy atom. The third-order valence-electron chi connectivity index (χ3n) is 7.12. The number of ether oxygens (including phenoxy) is 1. The highest BCUT2D eigenvalue weighted by atomic mass is 35.5. The molecule has 2 aliphatic rings. The molecule has 0 aliphatic heterocycles. The van der Waals surface area contributed by atoms with Gasteiger partial charge in [-0.05, 0) is 63.1 Å². The third kappa shape index (κ3) is 7.03. The summed E-state index contributed by atoms with van der Waals surface area (Å²) in [5.74, 6) is 1.08. The van der Waals surface area contributed by atoms with Crippen LogP contribution in [-0.4, -0.2) is 44.2 Å². The quantitative estimate of drug-likeness (QED) is 0.323. The van der Waals surface area contributed by atoms with E-state index in [4.69, 9.17) is 25.4 Å². The maximum atomic E-state index is 11.8. The van der Waals surface area contributed by atoms with E-state index < -0.39 is 0 Å². The molecule has 9 nitrogen and oxygen atoms in total. The zero-order valence-electron chi connectivity index (χ0n) is 21.2. The second-order valence-electron chi connectivity index (χ2n) is 9.72. The summed E-state index contributed by atoms with van der Waals surface area (Å²) in [7, 11) is 0. The highest BCUT2D eigenvalue weighted by Gasteiger charge is 2.24. The first-order chi connectivity index (χ1) is 17.1. The van der Waals surface area contributed by atoms with Crippen molar-refractivity contribution in [3.05, 3.63) is 36.2 Å². The number of rotatable bonds is 8. The topological polar surface area (TPSA) is 120 Å². The van der Waals surface area contributed by atoms with Gasteiger partial charge in [0, 0.05) is 23.8 Å². The average molecular weight is 551 g/mol. The summed E-state index contributed by atoms with van der Waals surface area (Å²) < 4.78 is 7.27. The van der Waals surface area contributed by atoms with Crippen molar-refractivity contribution < 1.29 is 9.53 Å². The molecule has 0 atom stereocenters. The van der Waals surface area contributed by atoms with Crippen molar-refractivity contribution in [2.75, 3.05) is 17.2 Å². The lowest BCUT2D eigenvalue weighted by atomic mass is 9.92. The highest BCUT2D eigenvalue weighted by molar-refractivity contribution is 5.87. The fourth-order valence-corrected chi connectivity index (χ4v) is 5.19. The van der Waals surface area contributed by atoms with Crippen LogP contribution in [0.15, 0.2) is 30.6 Å². The Kier molecular flexibility index (Phi) is 10.4. The maximum Gasteiger partial charge on any atom is 0.310 e. The molecule has 37 heavy (non-hydrogen) atoms. The van der Waals surface area contributed by atoms with Gasteiger partial charge in [0.2, 0.25) is 5.95 Å². The molecule has 0 bridgehead atoms. The van der Waals surface area contributed by atoms with Gasteiger partial charge in [-0.25, -0.2) is 4.98 Å². The lowest BCUT2D eigenvalue weighted by molar-refractivity contribution is -0.142. The number of carbonyl (C=O) groups is 1. The molecule has 5 rings (SSSR count). The van der Waals surface area contributed by atoms with Crippen molar-refractivity contribution in [3.8, 4) is 0 Å². The van der Waals surface area contributed by atoms with Crippen LogP contribution in [0, 0.1) is 0 Å². The van der Waals surface area contributed by atoms with Crippen LogP contribution in [-0.2, 0) is 16.0 Å². The summed E-state index contributed by atoms with van der Waals surface area (Å²) >= 11 is 0. The second-order valence-corrected chi connectivity index (χ2v) is 9.72. The predicted molar refractivity (Wildman–Crippen MR) is 151 cm³/mol. The molecule has 3 aromatic rings. The fraction of sp³-hybridized carbons (Fsp3) is 0.538. The van der Waals surface area contributed by atoms with Gasteiger partial charge < -0.3 is 25.7 Å². The van der Waals surface area contributed by atoms with Crippen molar-refractivity contribution in [2.45, 2.75) is 82.8 Å². The Balaban J connectivity index is 0.00000190. The van der Waals surface area contributed by atoms with E-state index in [1.54, 1.807) is 0 Å². The molecule has 202 valence electrons. The number of nitrogens with one attached hydrogen (secondary N) is 2. The SMILES string of the molecule is CCOC(=O)Cc1ccc(Nc2nc(NC3CCC(N)CC3)nc3c2ncn3C2CCCC2)cc1.Cl.Cl. The van der Waals surface area contributed by atoms with Crippen LogP contribution in [0.2, 0.25) is 0 Å². The van der Waals surface area contributed by atoms with Crippen LogP contribution >= 0.6 is 24.8 Å². The van der Waals surface area contributed by atoms with Gasteiger partial charge in [0.25, 0.3) is 0 Å². The summed E-state index contributed by atoms with van der Waals surface area (Å²) in [4.78, 5) is 26.2. The number of imidazole rings is 1. The number of hydrogen-bond donors (Lipinski definition) is 3. The van der Waals surface area contributed by atoms with Crippen LogP contribution in [0.3, 0.4) is 0 Å². The summed E-state index contributed by atoms with van der Waals surface area (Å²) in [6.07, 6.45) is 11.0. The molecule has 4 N–H and O–H groups in total. The van der Waals surface area contributed by atoms with Crippen LogP contribution < -0.4 is 16.4 Å². The van der Waals surface area contributed by atoms with E-state index >= 15 is 0 Å². The summed E-state index contributed by atoms with van der Waals surface area (Å²) in [5.41, 5.74) is 9.51. The third-order valence-corrected chi connectivity index (χ3v) is 7.12. The Morgan fingerprint density at radius 2 is 1.76 bits per heavy atom. The number of aromatic nitrogens is 4. The van der Waals surface area contributed by atoms with E-state index in [-0.39, 0.29) is 37.2 Å². The van der Waals surface area contributed by atoms with Crippen molar-refractivity contribution in [1.29, 1.82) is 0 Å². The highest BCUT2D eigenvalue weighted by Crippen LogP contribution is 2.34. The Morgan fingerprint density at radius 3 is 2.43 bits per heavy atom. The average Bonchev–Trinajstić information content (AvgIpc) is 3.52. The van der Waals surface area contributed by atoms with E-state index in [2.05, 4.69) is 15.2 Å². The molecule has 0 amide bonds. The maximum absolute atomic E-state index is 11.8. The van der Waals surface area contributed by atoms with Gasteiger partial charge in [-0.3, -0.25) is 4.79 Å². The number of carbonyl (C=O) groups excluding carboxylic acids is 1. The van der Waals surface area contributed by atoms with Crippen LogP contribution in [0.5, 0.6) is 0 Å². The number of hydrogen-bond acceptors (Lipinski definition) is 8. The zero-order valence-corrected chi connectivity index (χ0v) is 22.8. The zero-order chi connectivity index (χ0) is 24.2. The number of esters is 1. The monoisotopic (exact) mass is 549 g/mol. The van der Waals surface area contributed by atoms with Crippen molar-refractivity contribution >= 4 is 59.4 Å². The predicted octanol–water partition coefficient (Wildman–Crippen LogP) is 5.32. The Hall–Kier alpha value is -2.62.